The van der Waals surface area contributed by atoms with Gasteiger partial charge in [-0.15, -0.1) is 0 Å². The third-order valence-corrected chi connectivity index (χ3v) is 5.17. The molecule has 1 aromatic carbocycles. The molecule has 1 saturated carbocycles. The maximum Gasteiger partial charge on any atom is 0.234 e. The van der Waals surface area contributed by atoms with Gasteiger partial charge < -0.3 is 10.4 Å². The molecule has 1 aromatic rings. The van der Waals surface area contributed by atoms with Crippen molar-refractivity contribution in [1.82, 2.24) is 10.2 Å². The number of carbonyl (C=O) groups excluding carboxylic acids is 1. The molecule has 0 radical (unpaired) electrons. The highest BCUT2D eigenvalue weighted by Crippen LogP contribution is 2.43. The smallest absolute Gasteiger partial charge is 0.234 e. The standard InChI is InChI=1S/C18H26N2O2/c21-16-8-4-11-20(12-16)13-17(22)19-14-18(9-5-10-18)15-6-2-1-3-7-15/h1-3,6-7,16,21H,4-5,8-14H2,(H,19,22). The number of carbonyl (C=O) groups is 1. The van der Waals surface area contributed by atoms with Gasteiger partial charge in [-0.3, -0.25) is 9.69 Å². The second-order valence-electron chi connectivity index (χ2n) is 6.81. The molecule has 4 heteroatoms. The normalized spacial score (nSPS) is 24.5. The predicted molar refractivity (Wildman–Crippen MR) is 86.7 cm³/mol. The highest BCUT2D eigenvalue weighted by Gasteiger charge is 2.38. The summed E-state index contributed by atoms with van der Waals surface area (Å²) >= 11 is 0. The molecule has 1 atom stereocenters. The van der Waals surface area contributed by atoms with Crippen molar-refractivity contribution >= 4 is 5.91 Å². The number of nitrogens with one attached hydrogen (secondary N) is 1. The van der Waals surface area contributed by atoms with E-state index in [0.29, 0.717) is 13.1 Å². The van der Waals surface area contributed by atoms with Crippen LogP contribution in [0.15, 0.2) is 30.3 Å². The predicted octanol–water partition coefficient (Wildman–Crippen LogP) is 1.68. The van der Waals surface area contributed by atoms with Crippen LogP contribution in [0.25, 0.3) is 0 Å². The van der Waals surface area contributed by atoms with Gasteiger partial charge in [-0.1, -0.05) is 36.8 Å². The zero-order valence-corrected chi connectivity index (χ0v) is 13.1. The number of rotatable bonds is 5. The van der Waals surface area contributed by atoms with Crippen LogP contribution in [0.5, 0.6) is 0 Å². The summed E-state index contributed by atoms with van der Waals surface area (Å²) < 4.78 is 0. The number of hydrogen-bond acceptors (Lipinski definition) is 3. The molecule has 0 bridgehead atoms. The van der Waals surface area contributed by atoms with Gasteiger partial charge in [0.15, 0.2) is 0 Å². The molecule has 3 rings (SSSR count). The van der Waals surface area contributed by atoms with E-state index >= 15 is 0 Å². The lowest BCUT2D eigenvalue weighted by Gasteiger charge is -2.42. The van der Waals surface area contributed by atoms with Gasteiger partial charge >= 0.3 is 0 Å². The minimum absolute atomic E-state index is 0.0799. The lowest BCUT2D eigenvalue weighted by Crippen LogP contribution is -2.49. The molecule has 1 unspecified atom stereocenters. The van der Waals surface area contributed by atoms with Crippen molar-refractivity contribution in [1.29, 1.82) is 0 Å². The number of piperidine rings is 1. The molecule has 0 spiro atoms. The fraction of sp³-hybridized carbons (Fsp3) is 0.611. The van der Waals surface area contributed by atoms with Gasteiger partial charge in [0, 0.05) is 18.5 Å². The Morgan fingerprint density at radius 3 is 2.68 bits per heavy atom. The van der Waals surface area contributed by atoms with Crippen LogP contribution < -0.4 is 5.32 Å². The Balaban J connectivity index is 1.51. The van der Waals surface area contributed by atoms with Gasteiger partial charge in [0.25, 0.3) is 0 Å². The zero-order valence-electron chi connectivity index (χ0n) is 13.1. The van der Waals surface area contributed by atoms with Crippen LogP contribution in [-0.2, 0) is 10.2 Å². The Morgan fingerprint density at radius 2 is 2.05 bits per heavy atom. The van der Waals surface area contributed by atoms with Crippen LogP contribution in [0, 0.1) is 0 Å². The van der Waals surface area contributed by atoms with Crippen molar-refractivity contribution in [3.63, 3.8) is 0 Å². The first-order chi connectivity index (χ1) is 10.7. The zero-order chi connectivity index (χ0) is 15.4. The number of amides is 1. The van der Waals surface area contributed by atoms with Gasteiger partial charge in [-0.2, -0.15) is 0 Å². The summed E-state index contributed by atoms with van der Waals surface area (Å²) in [5.74, 6) is 0.0799. The fourth-order valence-electron chi connectivity index (χ4n) is 3.66. The van der Waals surface area contributed by atoms with Crippen LogP contribution in [0.1, 0.15) is 37.7 Å². The van der Waals surface area contributed by atoms with Crippen molar-refractivity contribution in [3.8, 4) is 0 Å². The van der Waals surface area contributed by atoms with E-state index in [-0.39, 0.29) is 17.4 Å². The van der Waals surface area contributed by atoms with Gasteiger partial charge in [-0.05, 0) is 37.8 Å². The lowest BCUT2D eigenvalue weighted by molar-refractivity contribution is -0.123. The van der Waals surface area contributed by atoms with Crippen molar-refractivity contribution in [2.45, 2.75) is 43.6 Å². The summed E-state index contributed by atoms with van der Waals surface area (Å²) in [6, 6.07) is 10.5. The van der Waals surface area contributed by atoms with Crippen LogP contribution in [0.4, 0.5) is 0 Å². The van der Waals surface area contributed by atoms with Gasteiger partial charge in [0.2, 0.25) is 5.91 Å². The first-order valence-corrected chi connectivity index (χ1v) is 8.41. The van der Waals surface area contributed by atoms with E-state index in [2.05, 4.69) is 34.5 Å². The van der Waals surface area contributed by atoms with Crippen LogP contribution in [0.3, 0.4) is 0 Å². The van der Waals surface area contributed by atoms with Crippen LogP contribution in [-0.4, -0.2) is 48.2 Å². The van der Waals surface area contributed by atoms with E-state index in [0.717, 1.165) is 38.8 Å². The van der Waals surface area contributed by atoms with Gasteiger partial charge in [-0.25, -0.2) is 0 Å². The number of aliphatic hydroxyl groups is 1. The molecule has 0 aromatic heterocycles. The summed E-state index contributed by atoms with van der Waals surface area (Å²) in [5.41, 5.74) is 1.48. The molecular formula is C18H26N2O2. The Kier molecular flexibility index (Phi) is 4.79. The van der Waals surface area contributed by atoms with E-state index in [4.69, 9.17) is 0 Å². The van der Waals surface area contributed by atoms with E-state index in [9.17, 15) is 9.90 Å². The fourth-order valence-corrected chi connectivity index (χ4v) is 3.66. The van der Waals surface area contributed by atoms with Crippen LogP contribution in [0.2, 0.25) is 0 Å². The highest BCUT2D eigenvalue weighted by atomic mass is 16.3. The third-order valence-electron chi connectivity index (χ3n) is 5.17. The maximum absolute atomic E-state index is 12.2. The Hall–Kier alpha value is -1.39. The van der Waals surface area contributed by atoms with Gasteiger partial charge in [0.1, 0.15) is 0 Å². The third kappa shape index (κ3) is 3.50. The summed E-state index contributed by atoms with van der Waals surface area (Å²) in [7, 11) is 0. The molecule has 1 amide bonds. The molecule has 22 heavy (non-hydrogen) atoms. The molecule has 120 valence electrons. The minimum atomic E-state index is -0.274. The SMILES string of the molecule is O=C(CN1CCCC(O)C1)NCC1(c2ccccc2)CCC1. The Labute approximate surface area is 132 Å². The van der Waals surface area contributed by atoms with E-state index in [1.54, 1.807) is 0 Å². The van der Waals surface area contributed by atoms with Crippen molar-refractivity contribution in [2.24, 2.45) is 0 Å². The van der Waals surface area contributed by atoms with Crippen molar-refractivity contribution in [3.05, 3.63) is 35.9 Å². The lowest BCUT2D eigenvalue weighted by atomic mass is 9.64. The van der Waals surface area contributed by atoms with E-state index < -0.39 is 0 Å². The Morgan fingerprint density at radius 1 is 1.27 bits per heavy atom. The molecule has 2 N–H and O–H groups in total. The number of nitrogens with zero attached hydrogens (tertiary/aromatic N) is 1. The van der Waals surface area contributed by atoms with Crippen LogP contribution >= 0.6 is 0 Å². The summed E-state index contributed by atoms with van der Waals surface area (Å²) in [4.78, 5) is 14.3. The molecule has 1 aliphatic heterocycles. The number of aliphatic hydroxyl groups excluding tert-OH is 1. The first-order valence-electron chi connectivity index (χ1n) is 8.41. The molecule has 1 aliphatic carbocycles. The Bertz CT molecular complexity index is 499. The number of benzene rings is 1. The molecule has 2 aliphatic rings. The summed E-state index contributed by atoms with van der Waals surface area (Å²) in [6.45, 7) is 2.67. The number of β-amino-alcohol motifs (C(OH)–C–C–N with tert-alkyl or cyclic N) is 1. The number of hydrogen-bond donors (Lipinski definition) is 2. The maximum atomic E-state index is 12.2. The topological polar surface area (TPSA) is 52.6 Å². The average Bonchev–Trinajstić information content (AvgIpc) is 2.47. The molecule has 1 heterocycles. The molecule has 4 nitrogen and oxygen atoms in total. The first kappa shape index (κ1) is 15.5. The number of likely N-dealkylation sites (tertiary alicyclic amines) is 1. The quantitative estimate of drug-likeness (QED) is 0.870. The second-order valence-corrected chi connectivity index (χ2v) is 6.81. The van der Waals surface area contributed by atoms with Gasteiger partial charge in [0.05, 0.1) is 12.6 Å². The molecule has 1 saturated heterocycles. The molecule has 2 fully saturated rings. The summed E-state index contributed by atoms with van der Waals surface area (Å²) in [6.07, 6.45) is 5.10. The minimum Gasteiger partial charge on any atom is -0.392 e. The van der Waals surface area contributed by atoms with Crippen molar-refractivity contribution in [2.75, 3.05) is 26.2 Å². The average molecular weight is 302 g/mol. The monoisotopic (exact) mass is 302 g/mol. The van der Waals surface area contributed by atoms with E-state index in [1.165, 1.54) is 12.0 Å². The summed E-state index contributed by atoms with van der Waals surface area (Å²) in [5, 5.41) is 12.8. The largest absolute Gasteiger partial charge is 0.392 e. The molecular weight excluding hydrogens is 276 g/mol. The van der Waals surface area contributed by atoms with Crippen molar-refractivity contribution < 1.29 is 9.90 Å². The highest BCUT2D eigenvalue weighted by molar-refractivity contribution is 5.78. The second kappa shape index (κ2) is 6.80. The van der Waals surface area contributed by atoms with E-state index in [1.807, 2.05) is 6.07 Å².